The molecule has 0 amide bonds. The molecule has 37 heavy (non-hydrogen) atoms. The zero-order chi connectivity index (χ0) is 25.8. The Hall–Kier alpha value is -1.89. The molecule has 7 heteroatoms. The average molecular weight is 544 g/mol. The maximum atomic E-state index is 12.0. The van der Waals surface area contributed by atoms with Crippen LogP contribution in [0.5, 0.6) is 0 Å². The van der Waals surface area contributed by atoms with E-state index in [1.54, 1.807) is 6.20 Å². The van der Waals surface area contributed by atoms with Crippen molar-refractivity contribution in [1.29, 1.82) is 0 Å². The lowest BCUT2D eigenvalue weighted by Crippen LogP contribution is -2.44. The third kappa shape index (κ3) is 5.91. The summed E-state index contributed by atoms with van der Waals surface area (Å²) in [7, 11) is 0. The molecular weight excluding hydrogens is 507 g/mol. The molecule has 0 spiro atoms. The highest BCUT2D eigenvalue weighted by Crippen LogP contribution is 2.44. The molecule has 1 aliphatic carbocycles. The number of hydrogen-bond acceptors (Lipinski definition) is 5. The summed E-state index contributed by atoms with van der Waals surface area (Å²) in [5, 5.41) is 13.1. The van der Waals surface area contributed by atoms with Crippen molar-refractivity contribution in [3.8, 4) is 0 Å². The van der Waals surface area contributed by atoms with Gasteiger partial charge < -0.3 is 14.3 Å². The molecule has 5 rings (SSSR count). The summed E-state index contributed by atoms with van der Waals surface area (Å²) in [5.41, 5.74) is 0.680. The molecule has 1 aromatic heterocycles. The number of aromatic nitrogens is 1. The van der Waals surface area contributed by atoms with Gasteiger partial charge >= 0.3 is 0 Å². The van der Waals surface area contributed by atoms with Crippen LogP contribution in [-0.2, 0) is 23.5 Å². The van der Waals surface area contributed by atoms with Crippen molar-refractivity contribution < 1.29 is 14.3 Å². The van der Waals surface area contributed by atoms with E-state index >= 15 is 0 Å². The number of halogens is 2. The van der Waals surface area contributed by atoms with Crippen LogP contribution in [-0.4, -0.2) is 34.2 Å². The molecule has 2 heterocycles. The number of oxazole rings is 1. The van der Waals surface area contributed by atoms with Crippen molar-refractivity contribution in [2.75, 3.05) is 13.1 Å². The van der Waals surface area contributed by atoms with E-state index in [9.17, 15) is 5.11 Å². The first-order chi connectivity index (χ1) is 18.0. The van der Waals surface area contributed by atoms with Gasteiger partial charge in [0.2, 0.25) is 5.89 Å². The van der Waals surface area contributed by atoms with E-state index in [4.69, 9.17) is 32.4 Å². The smallest absolute Gasteiger partial charge is 0.231 e. The topological polar surface area (TPSA) is 58.7 Å². The van der Waals surface area contributed by atoms with Crippen LogP contribution in [0.2, 0.25) is 10.0 Å². The molecule has 5 nitrogen and oxygen atoms in total. The average Bonchev–Trinajstić information content (AvgIpc) is 3.63. The van der Waals surface area contributed by atoms with Crippen LogP contribution in [0.25, 0.3) is 0 Å². The highest BCUT2D eigenvalue weighted by molar-refractivity contribution is 6.42. The van der Waals surface area contributed by atoms with Gasteiger partial charge in [-0.05, 0) is 55.0 Å². The fourth-order valence-electron chi connectivity index (χ4n) is 6.01. The van der Waals surface area contributed by atoms with Crippen molar-refractivity contribution in [2.45, 2.75) is 70.3 Å². The Morgan fingerprint density at radius 1 is 1.08 bits per heavy atom. The summed E-state index contributed by atoms with van der Waals surface area (Å²) in [6.07, 6.45) is 8.27. The lowest BCUT2D eigenvalue weighted by molar-refractivity contribution is -0.0511. The van der Waals surface area contributed by atoms with Crippen LogP contribution < -0.4 is 0 Å². The first-order valence-corrected chi connectivity index (χ1v) is 14.2. The molecule has 2 fully saturated rings. The van der Waals surface area contributed by atoms with E-state index in [0.29, 0.717) is 35.0 Å². The molecule has 1 saturated carbocycles. The minimum Gasteiger partial charge on any atom is -0.441 e. The normalized spacial score (nSPS) is 22.8. The molecule has 3 unspecified atom stereocenters. The number of rotatable bonds is 9. The number of piperidine rings is 1. The molecular formula is C30H36Cl2N2O3. The first-order valence-electron chi connectivity index (χ1n) is 13.5. The maximum absolute atomic E-state index is 12.0. The Labute approximate surface area is 229 Å². The van der Waals surface area contributed by atoms with Crippen molar-refractivity contribution in [3.05, 3.63) is 87.6 Å². The second kappa shape index (κ2) is 11.9. The van der Waals surface area contributed by atoms with E-state index in [1.165, 1.54) is 0 Å². The van der Waals surface area contributed by atoms with E-state index in [0.717, 1.165) is 68.5 Å². The number of ether oxygens (including phenoxy) is 1. The minimum absolute atomic E-state index is 0.112. The highest BCUT2D eigenvalue weighted by atomic mass is 35.5. The lowest BCUT2D eigenvalue weighted by Gasteiger charge is -2.37. The van der Waals surface area contributed by atoms with Crippen LogP contribution in [0, 0.1) is 11.8 Å². The zero-order valence-corrected chi connectivity index (χ0v) is 22.9. The van der Waals surface area contributed by atoms with Gasteiger partial charge in [-0.1, -0.05) is 85.8 Å². The van der Waals surface area contributed by atoms with Crippen molar-refractivity contribution in [2.24, 2.45) is 11.8 Å². The Morgan fingerprint density at radius 3 is 2.59 bits per heavy atom. The summed E-state index contributed by atoms with van der Waals surface area (Å²) < 4.78 is 12.7. The van der Waals surface area contributed by atoms with Crippen LogP contribution in [0.15, 0.2) is 59.1 Å². The molecule has 3 aromatic rings. The van der Waals surface area contributed by atoms with Crippen LogP contribution in [0.1, 0.15) is 68.2 Å². The fraction of sp³-hybridized carbons (Fsp3) is 0.500. The van der Waals surface area contributed by atoms with Gasteiger partial charge in [-0.15, -0.1) is 0 Å². The first kappa shape index (κ1) is 26.7. The van der Waals surface area contributed by atoms with Gasteiger partial charge in [0, 0.05) is 12.5 Å². The van der Waals surface area contributed by atoms with Crippen LogP contribution >= 0.6 is 23.2 Å². The number of nitrogens with zero attached hydrogens (tertiary/aromatic N) is 2. The third-order valence-corrected chi connectivity index (χ3v) is 8.91. The molecule has 198 valence electrons. The Balaban J connectivity index is 1.27. The van der Waals surface area contributed by atoms with E-state index in [-0.39, 0.29) is 12.0 Å². The predicted octanol–water partition coefficient (Wildman–Crippen LogP) is 7.22. The van der Waals surface area contributed by atoms with Gasteiger partial charge in [-0.2, -0.15) is 0 Å². The molecule has 2 aromatic carbocycles. The molecule has 1 N–H and O–H groups in total. The third-order valence-electron chi connectivity index (χ3n) is 8.17. The summed E-state index contributed by atoms with van der Waals surface area (Å²) >= 11 is 12.3. The quantitative estimate of drug-likeness (QED) is 0.309. The molecule has 1 saturated heterocycles. The monoisotopic (exact) mass is 542 g/mol. The highest BCUT2D eigenvalue weighted by Gasteiger charge is 2.45. The van der Waals surface area contributed by atoms with Gasteiger partial charge in [0.25, 0.3) is 0 Å². The zero-order valence-electron chi connectivity index (χ0n) is 21.4. The van der Waals surface area contributed by atoms with Crippen molar-refractivity contribution >= 4 is 23.2 Å². The summed E-state index contributed by atoms with van der Waals surface area (Å²) in [4.78, 5) is 6.99. The number of aliphatic hydroxyl groups is 1. The summed E-state index contributed by atoms with van der Waals surface area (Å²) in [6, 6.07) is 15.5. The Bertz CT molecular complexity index is 1160. The molecule has 1 aliphatic heterocycles. The summed E-state index contributed by atoms with van der Waals surface area (Å²) in [5.74, 6) is 1.81. The van der Waals surface area contributed by atoms with E-state index in [2.05, 4.69) is 16.8 Å². The van der Waals surface area contributed by atoms with Gasteiger partial charge in [0.05, 0.1) is 35.5 Å². The predicted molar refractivity (Wildman–Crippen MR) is 147 cm³/mol. The van der Waals surface area contributed by atoms with Crippen molar-refractivity contribution in [3.63, 3.8) is 0 Å². The SMILES string of the molecule is CCC1CCN(Cc2cnc(C(O)(c3ccccc3)C3CCCC3)o2)CC1OCc1ccc(Cl)c(Cl)c1. The molecule has 3 atom stereocenters. The lowest BCUT2D eigenvalue weighted by atomic mass is 9.80. The summed E-state index contributed by atoms with van der Waals surface area (Å²) in [6.45, 7) is 5.18. The van der Waals surface area contributed by atoms with Gasteiger partial charge in [-0.3, -0.25) is 4.90 Å². The van der Waals surface area contributed by atoms with E-state index in [1.807, 2.05) is 48.5 Å². The van der Waals surface area contributed by atoms with Gasteiger partial charge in [0.1, 0.15) is 5.76 Å². The van der Waals surface area contributed by atoms with Crippen LogP contribution in [0.3, 0.4) is 0 Å². The number of likely N-dealkylation sites (tertiary alicyclic amines) is 1. The second-order valence-electron chi connectivity index (χ2n) is 10.5. The fourth-order valence-corrected chi connectivity index (χ4v) is 6.33. The standard InChI is InChI=1S/C30H36Cl2N2O3/c1-2-22-14-15-34(19-28(22)36-20-21-12-13-26(31)27(32)16-21)18-25-17-33-29(37-25)30(35,24-10-6-7-11-24)23-8-4-3-5-9-23/h3-5,8-9,12-13,16-17,22,24,28,35H,2,6-7,10-11,14-15,18-20H2,1H3. The molecule has 0 radical (unpaired) electrons. The van der Waals surface area contributed by atoms with Crippen molar-refractivity contribution in [1.82, 2.24) is 9.88 Å². The van der Waals surface area contributed by atoms with Crippen LogP contribution in [0.4, 0.5) is 0 Å². The Morgan fingerprint density at radius 2 is 1.86 bits per heavy atom. The number of hydrogen-bond donors (Lipinski definition) is 1. The Kier molecular flexibility index (Phi) is 8.57. The minimum atomic E-state index is -1.20. The van der Waals surface area contributed by atoms with Gasteiger partial charge in [-0.25, -0.2) is 4.98 Å². The molecule has 2 aliphatic rings. The molecule has 0 bridgehead atoms. The van der Waals surface area contributed by atoms with Gasteiger partial charge in [0.15, 0.2) is 5.60 Å². The largest absolute Gasteiger partial charge is 0.441 e. The maximum Gasteiger partial charge on any atom is 0.231 e. The second-order valence-corrected chi connectivity index (χ2v) is 11.3. The number of benzene rings is 2. The van der Waals surface area contributed by atoms with E-state index < -0.39 is 5.60 Å².